The summed E-state index contributed by atoms with van der Waals surface area (Å²) in [6.45, 7) is 2.44. The van der Waals surface area contributed by atoms with Crippen LogP contribution in [-0.2, 0) is 4.79 Å². The van der Waals surface area contributed by atoms with Crippen LogP contribution in [0.5, 0.6) is 0 Å². The molecule has 138 valence electrons. The molecule has 2 fully saturated rings. The van der Waals surface area contributed by atoms with Crippen LogP contribution in [0.25, 0.3) is 0 Å². The number of carbonyl (C=O) groups excluding carboxylic acids is 2. The van der Waals surface area contributed by atoms with Crippen molar-refractivity contribution in [1.29, 1.82) is 0 Å². The smallest absolute Gasteiger partial charge is 0.253 e. The Morgan fingerprint density at radius 2 is 1.80 bits per heavy atom. The molecule has 0 aliphatic heterocycles. The van der Waals surface area contributed by atoms with Crippen LogP contribution in [0.4, 0.5) is 5.69 Å². The maximum atomic E-state index is 12.8. The van der Waals surface area contributed by atoms with Crippen molar-refractivity contribution in [3.05, 3.63) is 29.8 Å². The van der Waals surface area contributed by atoms with E-state index in [0.29, 0.717) is 29.6 Å². The molecule has 2 bridgehead atoms. The van der Waals surface area contributed by atoms with E-state index in [1.807, 2.05) is 19.1 Å². The van der Waals surface area contributed by atoms with Gasteiger partial charge in [-0.3, -0.25) is 9.59 Å². The Morgan fingerprint density at radius 3 is 2.44 bits per heavy atom. The van der Waals surface area contributed by atoms with Gasteiger partial charge < -0.3 is 16.4 Å². The molecule has 2 amide bonds. The van der Waals surface area contributed by atoms with E-state index in [1.165, 1.54) is 6.42 Å². The molecule has 2 unspecified atom stereocenters. The predicted octanol–water partition coefficient (Wildman–Crippen LogP) is 2.95. The number of hydrogen-bond donors (Lipinski definition) is 3. The second kappa shape index (κ2) is 8.68. The van der Waals surface area contributed by atoms with E-state index in [2.05, 4.69) is 10.6 Å². The lowest BCUT2D eigenvalue weighted by Crippen LogP contribution is -2.48. The predicted molar refractivity (Wildman–Crippen MR) is 102 cm³/mol. The fraction of sp³-hybridized carbons (Fsp3) is 0.579. The highest BCUT2D eigenvalue weighted by Crippen LogP contribution is 2.42. The first kappa shape index (κ1) is 19.7. The fourth-order valence-corrected chi connectivity index (χ4v) is 4.28. The Labute approximate surface area is 155 Å². The summed E-state index contributed by atoms with van der Waals surface area (Å²) in [6.07, 6.45) is 5.24. The number of anilines is 1. The summed E-state index contributed by atoms with van der Waals surface area (Å²) in [7, 11) is 0. The van der Waals surface area contributed by atoms with E-state index in [4.69, 9.17) is 5.73 Å². The first-order valence-corrected chi connectivity index (χ1v) is 9.03. The summed E-state index contributed by atoms with van der Waals surface area (Å²) in [5, 5.41) is 5.77. The van der Waals surface area contributed by atoms with Crippen LogP contribution < -0.4 is 16.4 Å². The van der Waals surface area contributed by atoms with Crippen LogP contribution in [0.2, 0.25) is 0 Å². The summed E-state index contributed by atoms with van der Waals surface area (Å²) in [5.74, 6) is 0.799. The molecule has 0 heterocycles. The minimum atomic E-state index is -0.157. The van der Waals surface area contributed by atoms with Gasteiger partial charge in [0.25, 0.3) is 5.91 Å². The van der Waals surface area contributed by atoms with Gasteiger partial charge in [0, 0.05) is 18.5 Å². The van der Waals surface area contributed by atoms with Crippen LogP contribution in [0.3, 0.4) is 0 Å². The van der Waals surface area contributed by atoms with Gasteiger partial charge in [-0.1, -0.05) is 18.6 Å². The Morgan fingerprint density at radius 1 is 1.16 bits per heavy atom. The zero-order chi connectivity index (χ0) is 17.1. The van der Waals surface area contributed by atoms with E-state index in [1.54, 1.807) is 12.1 Å². The quantitative estimate of drug-likeness (QED) is 0.766. The molecule has 2 atom stereocenters. The van der Waals surface area contributed by atoms with Gasteiger partial charge in [0.2, 0.25) is 5.91 Å². The number of rotatable bonds is 4. The van der Waals surface area contributed by atoms with Crippen LogP contribution in [-0.4, -0.2) is 24.4 Å². The average molecular weight is 366 g/mol. The van der Waals surface area contributed by atoms with E-state index in [9.17, 15) is 9.59 Å². The third kappa shape index (κ3) is 4.33. The minimum absolute atomic E-state index is 0. The SMILES string of the molecule is CCNC(=O)c1ccccc1NC(=O)C1CC2CCCC(C1)C2N.Cl. The van der Waals surface area contributed by atoms with Gasteiger partial charge in [-0.25, -0.2) is 0 Å². The van der Waals surface area contributed by atoms with E-state index in [0.717, 1.165) is 25.7 Å². The van der Waals surface area contributed by atoms with Crippen molar-refractivity contribution in [3.63, 3.8) is 0 Å². The minimum Gasteiger partial charge on any atom is -0.352 e. The van der Waals surface area contributed by atoms with E-state index >= 15 is 0 Å². The third-order valence-electron chi connectivity index (χ3n) is 5.55. The summed E-state index contributed by atoms with van der Waals surface area (Å²) < 4.78 is 0. The number of carbonyl (C=O) groups is 2. The topological polar surface area (TPSA) is 84.2 Å². The van der Waals surface area contributed by atoms with E-state index in [-0.39, 0.29) is 36.2 Å². The van der Waals surface area contributed by atoms with Crippen LogP contribution in [0.15, 0.2) is 24.3 Å². The largest absolute Gasteiger partial charge is 0.352 e. The molecule has 6 heteroatoms. The van der Waals surface area contributed by atoms with Gasteiger partial charge in [-0.2, -0.15) is 0 Å². The molecule has 25 heavy (non-hydrogen) atoms. The van der Waals surface area contributed by atoms with Crippen LogP contribution in [0, 0.1) is 17.8 Å². The Kier molecular flexibility index (Phi) is 6.85. The Balaban J connectivity index is 0.00000225. The van der Waals surface area contributed by atoms with Crippen molar-refractivity contribution >= 4 is 29.9 Å². The van der Waals surface area contributed by atoms with Gasteiger partial charge in [-0.05, 0) is 56.6 Å². The lowest BCUT2D eigenvalue weighted by atomic mass is 9.65. The van der Waals surface area contributed by atoms with E-state index < -0.39 is 0 Å². The number of nitrogens with one attached hydrogen (secondary N) is 2. The molecule has 2 aliphatic carbocycles. The monoisotopic (exact) mass is 365 g/mol. The molecule has 3 rings (SSSR count). The van der Waals surface area contributed by atoms with Crippen molar-refractivity contribution < 1.29 is 9.59 Å². The van der Waals surface area contributed by atoms with Crippen molar-refractivity contribution in [2.24, 2.45) is 23.5 Å². The second-order valence-electron chi connectivity index (χ2n) is 7.09. The molecule has 5 nitrogen and oxygen atoms in total. The Bertz CT molecular complexity index is 608. The molecule has 0 radical (unpaired) electrons. The molecular formula is C19H28ClN3O2. The van der Waals surface area contributed by atoms with Crippen LogP contribution >= 0.6 is 12.4 Å². The normalized spacial score (nSPS) is 27.8. The standard InChI is InChI=1S/C19H27N3O2.ClH/c1-2-21-19(24)15-8-3-4-9-16(15)22-18(23)14-10-12-6-5-7-13(11-14)17(12)20;/h3-4,8-9,12-14,17H,2,5-7,10-11,20H2,1H3,(H,21,24)(H,22,23);1H. The number of hydrogen-bond acceptors (Lipinski definition) is 3. The molecule has 2 saturated carbocycles. The summed E-state index contributed by atoms with van der Waals surface area (Å²) in [6, 6.07) is 7.43. The van der Waals surface area contributed by atoms with Crippen LogP contribution in [0.1, 0.15) is 49.4 Å². The summed E-state index contributed by atoms with van der Waals surface area (Å²) in [4.78, 5) is 24.9. The highest BCUT2D eigenvalue weighted by atomic mass is 35.5. The molecule has 4 N–H and O–H groups in total. The zero-order valence-corrected chi connectivity index (χ0v) is 15.5. The van der Waals surface area contributed by atoms with Crippen molar-refractivity contribution in [1.82, 2.24) is 5.32 Å². The maximum Gasteiger partial charge on any atom is 0.253 e. The number of nitrogens with two attached hydrogens (primary N) is 1. The number of halogens is 1. The molecular weight excluding hydrogens is 338 g/mol. The molecule has 0 spiro atoms. The molecule has 0 saturated heterocycles. The van der Waals surface area contributed by atoms with Crippen molar-refractivity contribution in [2.75, 3.05) is 11.9 Å². The van der Waals surface area contributed by atoms with Gasteiger partial charge in [0.1, 0.15) is 0 Å². The number of amides is 2. The van der Waals surface area contributed by atoms with Crippen molar-refractivity contribution in [2.45, 2.75) is 45.1 Å². The first-order chi connectivity index (χ1) is 11.6. The van der Waals surface area contributed by atoms with Gasteiger partial charge in [-0.15, -0.1) is 12.4 Å². The van der Waals surface area contributed by atoms with Gasteiger partial charge in [0.05, 0.1) is 11.3 Å². The average Bonchev–Trinajstić information content (AvgIpc) is 2.55. The zero-order valence-electron chi connectivity index (χ0n) is 14.7. The number of para-hydroxylation sites is 1. The maximum absolute atomic E-state index is 12.8. The highest BCUT2D eigenvalue weighted by molar-refractivity contribution is 6.04. The Hall–Kier alpha value is -1.59. The highest BCUT2D eigenvalue weighted by Gasteiger charge is 2.40. The fourth-order valence-electron chi connectivity index (χ4n) is 4.28. The molecule has 0 aromatic heterocycles. The second-order valence-corrected chi connectivity index (χ2v) is 7.09. The first-order valence-electron chi connectivity index (χ1n) is 9.03. The van der Waals surface area contributed by atoms with Crippen molar-refractivity contribution in [3.8, 4) is 0 Å². The number of benzene rings is 1. The molecule has 2 aliphatic rings. The molecule has 1 aromatic rings. The summed E-state index contributed by atoms with van der Waals surface area (Å²) >= 11 is 0. The van der Waals surface area contributed by atoms with Gasteiger partial charge >= 0.3 is 0 Å². The van der Waals surface area contributed by atoms with Gasteiger partial charge in [0.15, 0.2) is 0 Å². The molecule has 1 aromatic carbocycles. The lowest BCUT2D eigenvalue weighted by Gasteiger charge is -2.43. The lowest BCUT2D eigenvalue weighted by molar-refractivity contribution is -0.122. The summed E-state index contributed by atoms with van der Waals surface area (Å²) in [5.41, 5.74) is 7.42. The number of fused-ring (bicyclic) bond motifs is 2. The third-order valence-corrected chi connectivity index (χ3v) is 5.55.